The fourth-order valence-electron chi connectivity index (χ4n) is 3.79. The molecule has 174 valence electrons. The van der Waals surface area contributed by atoms with Crippen LogP contribution in [0.25, 0.3) is 22.4 Å². The molecule has 4 rings (SSSR count). The summed E-state index contributed by atoms with van der Waals surface area (Å²) in [5.41, 5.74) is 6.55. The van der Waals surface area contributed by atoms with Gasteiger partial charge in [-0.15, -0.1) is 0 Å². The van der Waals surface area contributed by atoms with E-state index in [0.29, 0.717) is 21.3 Å². The Morgan fingerprint density at radius 1 is 0.971 bits per heavy atom. The minimum atomic E-state index is -0.474. The number of aromatic nitrogens is 1. The number of halogens is 1. The van der Waals surface area contributed by atoms with Crippen molar-refractivity contribution in [3.63, 3.8) is 0 Å². The van der Waals surface area contributed by atoms with Gasteiger partial charge in [0, 0.05) is 21.8 Å². The first-order chi connectivity index (χ1) is 16.9. The molecule has 0 radical (unpaired) electrons. The van der Waals surface area contributed by atoms with Crippen LogP contribution in [0.4, 0.5) is 5.69 Å². The highest BCUT2D eigenvalue weighted by Crippen LogP contribution is 2.36. The molecule has 1 amide bonds. The number of nitrogens with one attached hydrogen (secondary N) is 1. The molecule has 1 heterocycles. The lowest BCUT2D eigenvalue weighted by Crippen LogP contribution is -2.23. The van der Waals surface area contributed by atoms with Crippen molar-refractivity contribution in [2.24, 2.45) is 0 Å². The van der Waals surface area contributed by atoms with Crippen molar-refractivity contribution >= 4 is 35.0 Å². The fourth-order valence-corrected chi connectivity index (χ4v) is 4.84. The third kappa shape index (κ3) is 5.57. The molecule has 0 saturated carbocycles. The summed E-state index contributed by atoms with van der Waals surface area (Å²) in [5, 5.41) is 13.8. The molecule has 4 aromatic rings. The predicted molar refractivity (Wildman–Crippen MR) is 145 cm³/mol. The van der Waals surface area contributed by atoms with Crippen molar-refractivity contribution in [3.05, 3.63) is 101 Å². The summed E-state index contributed by atoms with van der Waals surface area (Å²) in [6.07, 6.45) is 0. The van der Waals surface area contributed by atoms with E-state index in [1.165, 1.54) is 11.8 Å². The van der Waals surface area contributed by atoms with Gasteiger partial charge in [0.1, 0.15) is 11.1 Å². The van der Waals surface area contributed by atoms with Gasteiger partial charge in [0.2, 0.25) is 5.91 Å². The first-order valence-electron chi connectivity index (χ1n) is 11.2. The van der Waals surface area contributed by atoms with E-state index in [1.54, 1.807) is 0 Å². The Bertz CT molecular complexity index is 1390. The molecule has 0 fully saturated rings. The van der Waals surface area contributed by atoms with Crippen LogP contribution in [-0.2, 0) is 4.79 Å². The van der Waals surface area contributed by atoms with E-state index >= 15 is 0 Å². The maximum absolute atomic E-state index is 13.1. The third-order valence-corrected chi connectivity index (χ3v) is 7.05. The van der Waals surface area contributed by atoms with Gasteiger partial charge in [-0.2, -0.15) is 5.26 Å². The molecule has 1 aromatic heterocycles. The van der Waals surface area contributed by atoms with Gasteiger partial charge in [-0.3, -0.25) is 4.79 Å². The number of carbonyl (C=O) groups is 1. The summed E-state index contributed by atoms with van der Waals surface area (Å²) in [6.45, 7) is 5.77. The van der Waals surface area contributed by atoms with Crippen molar-refractivity contribution in [3.8, 4) is 28.5 Å². The first-order valence-corrected chi connectivity index (χ1v) is 12.4. The van der Waals surface area contributed by atoms with Crippen LogP contribution in [0.3, 0.4) is 0 Å². The summed E-state index contributed by atoms with van der Waals surface area (Å²) in [4.78, 5) is 17.9. The second-order valence-electron chi connectivity index (χ2n) is 8.24. The van der Waals surface area contributed by atoms with Gasteiger partial charge >= 0.3 is 0 Å². The van der Waals surface area contributed by atoms with E-state index < -0.39 is 5.25 Å². The van der Waals surface area contributed by atoms with Crippen molar-refractivity contribution in [2.75, 3.05) is 5.32 Å². The molecule has 0 saturated heterocycles. The Balaban J connectivity index is 1.74. The standard InChI is InChI=1S/C29H24ClN3OS/c1-18-8-7-9-19(2)27(18)33-28(34)20(3)35-29-25(17-31)24(21-10-5-4-6-11-21)16-26(32-29)22-12-14-23(30)15-13-22/h4-16,20H,1-3H3,(H,33,34)/t20-/m0/s1. The number of carbonyl (C=O) groups excluding carboxylic acids is 1. The van der Waals surface area contributed by atoms with E-state index in [4.69, 9.17) is 16.6 Å². The molecule has 0 bridgehead atoms. The Morgan fingerprint density at radius 3 is 2.26 bits per heavy atom. The molecule has 3 aromatic carbocycles. The summed E-state index contributed by atoms with van der Waals surface area (Å²) in [7, 11) is 0. The largest absolute Gasteiger partial charge is 0.325 e. The van der Waals surface area contributed by atoms with Crippen LogP contribution >= 0.6 is 23.4 Å². The molecule has 1 N–H and O–H groups in total. The van der Waals surface area contributed by atoms with Crippen LogP contribution in [0.5, 0.6) is 0 Å². The molecule has 0 unspecified atom stereocenters. The van der Waals surface area contributed by atoms with E-state index in [2.05, 4.69) is 11.4 Å². The Morgan fingerprint density at radius 2 is 1.63 bits per heavy atom. The molecule has 35 heavy (non-hydrogen) atoms. The average molecular weight is 498 g/mol. The highest BCUT2D eigenvalue weighted by Gasteiger charge is 2.22. The van der Waals surface area contributed by atoms with E-state index in [1.807, 2.05) is 99.6 Å². The summed E-state index contributed by atoms with van der Waals surface area (Å²) >= 11 is 7.37. The molecule has 1 atom stereocenters. The highest BCUT2D eigenvalue weighted by molar-refractivity contribution is 8.00. The number of nitrogens with zero attached hydrogens (tertiary/aromatic N) is 2. The second kappa shape index (κ2) is 10.8. The van der Waals surface area contributed by atoms with Gasteiger partial charge in [-0.1, -0.05) is 84.0 Å². The Hall–Kier alpha value is -3.59. The van der Waals surface area contributed by atoms with Gasteiger partial charge in [0.25, 0.3) is 0 Å². The van der Waals surface area contributed by atoms with Crippen LogP contribution in [0.2, 0.25) is 5.02 Å². The lowest BCUT2D eigenvalue weighted by atomic mass is 9.99. The normalized spacial score (nSPS) is 11.5. The van der Waals surface area contributed by atoms with Crippen LogP contribution < -0.4 is 5.32 Å². The summed E-state index contributed by atoms with van der Waals surface area (Å²) < 4.78 is 0. The Labute approximate surface area is 215 Å². The van der Waals surface area contributed by atoms with Gasteiger partial charge in [-0.05, 0) is 55.7 Å². The number of para-hydroxylation sites is 1. The van der Waals surface area contributed by atoms with Crippen LogP contribution in [0.1, 0.15) is 23.6 Å². The summed E-state index contributed by atoms with van der Waals surface area (Å²) in [6, 6.07) is 27.3. The number of hydrogen-bond donors (Lipinski definition) is 1. The molecular formula is C29H24ClN3OS. The van der Waals surface area contributed by atoms with Crippen molar-refractivity contribution in [2.45, 2.75) is 31.0 Å². The Kier molecular flexibility index (Phi) is 7.55. The molecule has 0 spiro atoms. The quantitative estimate of drug-likeness (QED) is 0.277. The second-order valence-corrected chi connectivity index (χ2v) is 10.0. The van der Waals surface area contributed by atoms with Crippen LogP contribution in [0, 0.1) is 25.2 Å². The van der Waals surface area contributed by atoms with Crippen LogP contribution in [0.15, 0.2) is 83.9 Å². The SMILES string of the molecule is Cc1cccc(C)c1NC(=O)[C@H](C)Sc1nc(-c2ccc(Cl)cc2)cc(-c2ccccc2)c1C#N. The molecule has 0 aliphatic rings. The first kappa shape index (κ1) is 24.5. The maximum Gasteiger partial charge on any atom is 0.237 e. The van der Waals surface area contributed by atoms with Crippen molar-refractivity contribution in [1.82, 2.24) is 4.98 Å². The van der Waals surface area contributed by atoms with Gasteiger partial charge < -0.3 is 5.32 Å². The number of thioether (sulfide) groups is 1. The van der Waals surface area contributed by atoms with E-state index in [0.717, 1.165) is 33.5 Å². The van der Waals surface area contributed by atoms with E-state index in [-0.39, 0.29) is 5.91 Å². The molecular weight excluding hydrogens is 474 g/mol. The number of amides is 1. The summed E-state index contributed by atoms with van der Waals surface area (Å²) in [5.74, 6) is -0.142. The van der Waals surface area contributed by atoms with Gasteiger partial charge in [0.15, 0.2) is 0 Å². The smallest absolute Gasteiger partial charge is 0.237 e. The number of hydrogen-bond acceptors (Lipinski definition) is 4. The van der Waals surface area contributed by atoms with Crippen molar-refractivity contribution < 1.29 is 4.79 Å². The molecule has 0 aliphatic carbocycles. The molecule has 0 aliphatic heterocycles. The third-order valence-electron chi connectivity index (χ3n) is 5.71. The fraction of sp³-hybridized carbons (Fsp3) is 0.138. The highest BCUT2D eigenvalue weighted by atomic mass is 35.5. The number of rotatable bonds is 6. The monoisotopic (exact) mass is 497 g/mol. The zero-order valence-corrected chi connectivity index (χ0v) is 21.2. The number of aryl methyl sites for hydroxylation is 2. The zero-order valence-electron chi connectivity index (χ0n) is 19.7. The van der Waals surface area contributed by atoms with Gasteiger partial charge in [0.05, 0.1) is 16.5 Å². The lowest BCUT2D eigenvalue weighted by Gasteiger charge is -2.17. The average Bonchev–Trinajstić information content (AvgIpc) is 2.86. The zero-order chi connectivity index (χ0) is 24.9. The van der Waals surface area contributed by atoms with Gasteiger partial charge in [-0.25, -0.2) is 4.98 Å². The number of benzene rings is 3. The minimum Gasteiger partial charge on any atom is -0.325 e. The van der Waals surface area contributed by atoms with E-state index in [9.17, 15) is 10.1 Å². The van der Waals surface area contributed by atoms with Crippen molar-refractivity contribution in [1.29, 1.82) is 5.26 Å². The predicted octanol–water partition coefficient (Wildman–Crippen LogP) is 7.68. The number of anilines is 1. The molecule has 6 heteroatoms. The topological polar surface area (TPSA) is 65.8 Å². The molecule has 4 nitrogen and oxygen atoms in total. The maximum atomic E-state index is 13.1. The van der Waals surface area contributed by atoms with Crippen LogP contribution in [-0.4, -0.2) is 16.1 Å². The number of pyridine rings is 1. The lowest BCUT2D eigenvalue weighted by molar-refractivity contribution is -0.115. The number of nitriles is 1. The minimum absolute atomic E-state index is 0.142.